The molecule has 3 nitrogen and oxygen atoms in total. The molecule has 0 radical (unpaired) electrons. The lowest BCUT2D eigenvalue weighted by atomic mass is 10.3. The van der Waals surface area contributed by atoms with E-state index in [1.54, 1.807) is 6.07 Å². The standard InChI is InChI=1S/C9H11BrClNO2S/c1-7-5-9(12-6-8(7)10)15(13,14)4-2-3-11/h5-6H,2-4H2,1H3. The molecule has 0 amide bonds. The zero-order chi connectivity index (χ0) is 11.5. The maximum atomic E-state index is 11.7. The highest BCUT2D eigenvalue weighted by Gasteiger charge is 2.16. The van der Waals surface area contributed by atoms with E-state index in [1.165, 1.54) is 6.20 Å². The first-order valence-corrected chi connectivity index (χ1v) is 7.36. The van der Waals surface area contributed by atoms with Crippen LogP contribution in [0.25, 0.3) is 0 Å². The van der Waals surface area contributed by atoms with E-state index in [0.717, 1.165) is 10.0 Å². The number of hydrogen-bond donors (Lipinski definition) is 0. The summed E-state index contributed by atoms with van der Waals surface area (Å²) >= 11 is 8.73. The van der Waals surface area contributed by atoms with Crippen LogP contribution in [0.4, 0.5) is 0 Å². The maximum Gasteiger partial charge on any atom is 0.195 e. The highest BCUT2D eigenvalue weighted by Crippen LogP contribution is 2.18. The van der Waals surface area contributed by atoms with Gasteiger partial charge in [0.15, 0.2) is 14.9 Å². The molecule has 0 saturated carbocycles. The molecule has 15 heavy (non-hydrogen) atoms. The van der Waals surface area contributed by atoms with Gasteiger partial charge < -0.3 is 0 Å². The SMILES string of the molecule is Cc1cc(S(=O)(=O)CCCCl)ncc1Br. The van der Waals surface area contributed by atoms with Crippen molar-refractivity contribution < 1.29 is 8.42 Å². The van der Waals surface area contributed by atoms with Gasteiger partial charge >= 0.3 is 0 Å². The van der Waals surface area contributed by atoms with Crippen LogP contribution < -0.4 is 0 Å². The molecule has 1 rings (SSSR count). The minimum absolute atomic E-state index is 0.0462. The van der Waals surface area contributed by atoms with Gasteiger partial charge in [-0.05, 0) is 40.9 Å². The Morgan fingerprint density at radius 3 is 2.73 bits per heavy atom. The summed E-state index contributed by atoms with van der Waals surface area (Å²) in [5, 5.41) is 0.119. The summed E-state index contributed by atoms with van der Waals surface area (Å²) in [4.78, 5) is 3.89. The third kappa shape index (κ3) is 3.43. The Labute approximate surface area is 103 Å². The molecule has 84 valence electrons. The topological polar surface area (TPSA) is 47.0 Å². The quantitative estimate of drug-likeness (QED) is 0.803. The molecule has 1 heterocycles. The lowest BCUT2D eigenvalue weighted by Gasteiger charge is -2.04. The van der Waals surface area contributed by atoms with Crippen LogP contribution in [0.5, 0.6) is 0 Å². The summed E-state index contributed by atoms with van der Waals surface area (Å²) in [6.07, 6.45) is 1.95. The maximum absolute atomic E-state index is 11.7. The Kier molecular flexibility index (Phi) is 4.55. The second kappa shape index (κ2) is 5.27. The third-order valence-electron chi connectivity index (χ3n) is 1.89. The number of sulfone groups is 1. The normalized spacial score (nSPS) is 11.7. The van der Waals surface area contributed by atoms with Crippen molar-refractivity contribution in [2.75, 3.05) is 11.6 Å². The molecule has 0 bridgehead atoms. The van der Waals surface area contributed by atoms with Gasteiger partial charge in [-0.3, -0.25) is 0 Å². The predicted octanol–water partition coefficient (Wildman–Crippen LogP) is 2.56. The highest BCUT2D eigenvalue weighted by atomic mass is 79.9. The Hall–Kier alpha value is -0.130. The summed E-state index contributed by atoms with van der Waals surface area (Å²) in [6, 6.07) is 1.56. The fourth-order valence-electron chi connectivity index (χ4n) is 1.03. The van der Waals surface area contributed by atoms with Crippen LogP contribution in [0.1, 0.15) is 12.0 Å². The first-order chi connectivity index (χ1) is 6.97. The Bertz CT molecular complexity index is 447. The number of pyridine rings is 1. The van der Waals surface area contributed by atoms with E-state index in [2.05, 4.69) is 20.9 Å². The van der Waals surface area contributed by atoms with E-state index in [0.29, 0.717) is 12.3 Å². The van der Waals surface area contributed by atoms with Crippen LogP contribution in [-0.2, 0) is 9.84 Å². The van der Waals surface area contributed by atoms with E-state index in [4.69, 9.17) is 11.6 Å². The molecule has 0 aromatic carbocycles. The monoisotopic (exact) mass is 311 g/mol. The summed E-state index contributed by atoms with van der Waals surface area (Å²) in [6.45, 7) is 1.83. The van der Waals surface area contributed by atoms with E-state index in [-0.39, 0.29) is 10.8 Å². The smallest absolute Gasteiger partial charge is 0.195 e. The van der Waals surface area contributed by atoms with Crippen LogP contribution in [0.3, 0.4) is 0 Å². The number of alkyl halides is 1. The van der Waals surface area contributed by atoms with Crippen LogP contribution in [0.2, 0.25) is 0 Å². The zero-order valence-electron chi connectivity index (χ0n) is 8.20. The average molecular weight is 313 g/mol. The Morgan fingerprint density at radius 1 is 1.53 bits per heavy atom. The molecule has 0 aliphatic heterocycles. The van der Waals surface area contributed by atoms with Crippen molar-refractivity contribution in [2.45, 2.75) is 18.4 Å². The fraction of sp³-hybridized carbons (Fsp3) is 0.444. The van der Waals surface area contributed by atoms with E-state index < -0.39 is 9.84 Å². The minimum Gasteiger partial charge on any atom is -0.244 e. The van der Waals surface area contributed by atoms with Gasteiger partial charge in [-0.25, -0.2) is 13.4 Å². The average Bonchev–Trinajstić information content (AvgIpc) is 2.19. The summed E-state index contributed by atoms with van der Waals surface area (Å²) in [7, 11) is -3.28. The summed E-state index contributed by atoms with van der Waals surface area (Å²) in [5.74, 6) is 0.388. The van der Waals surface area contributed by atoms with Gasteiger partial charge in [-0.15, -0.1) is 11.6 Å². The number of nitrogens with zero attached hydrogens (tertiary/aromatic N) is 1. The van der Waals surface area contributed by atoms with E-state index in [9.17, 15) is 8.42 Å². The number of aryl methyl sites for hydroxylation is 1. The van der Waals surface area contributed by atoms with E-state index >= 15 is 0 Å². The number of hydrogen-bond acceptors (Lipinski definition) is 3. The lowest BCUT2D eigenvalue weighted by molar-refractivity contribution is 0.591. The van der Waals surface area contributed by atoms with E-state index in [1.807, 2.05) is 6.92 Å². The largest absolute Gasteiger partial charge is 0.244 e. The fourth-order valence-corrected chi connectivity index (χ4v) is 2.84. The van der Waals surface area contributed by atoms with Crippen molar-refractivity contribution in [3.05, 3.63) is 22.3 Å². The molecule has 6 heteroatoms. The molecule has 0 N–H and O–H groups in total. The highest BCUT2D eigenvalue weighted by molar-refractivity contribution is 9.10. The Balaban J connectivity index is 3.00. The van der Waals surface area contributed by atoms with Gasteiger partial charge in [0.05, 0.1) is 5.75 Å². The molecule has 0 saturated heterocycles. The summed E-state index contributed by atoms with van der Waals surface area (Å²) in [5.41, 5.74) is 0.856. The second-order valence-corrected chi connectivity index (χ2v) is 6.42. The first-order valence-electron chi connectivity index (χ1n) is 4.38. The van der Waals surface area contributed by atoms with Crippen molar-refractivity contribution in [1.29, 1.82) is 0 Å². The number of aromatic nitrogens is 1. The van der Waals surface area contributed by atoms with Crippen LogP contribution >= 0.6 is 27.5 Å². The number of rotatable bonds is 4. The van der Waals surface area contributed by atoms with Gasteiger partial charge in [0.25, 0.3) is 0 Å². The molecule has 0 atom stereocenters. The molecular weight excluding hydrogens is 302 g/mol. The van der Waals surface area contributed by atoms with Crippen molar-refractivity contribution in [2.24, 2.45) is 0 Å². The minimum atomic E-state index is -3.28. The van der Waals surface area contributed by atoms with Crippen molar-refractivity contribution in [3.8, 4) is 0 Å². The molecule has 1 aromatic heterocycles. The van der Waals surface area contributed by atoms with Gasteiger partial charge in [-0.1, -0.05) is 0 Å². The summed E-state index contributed by atoms with van der Waals surface area (Å²) < 4.78 is 24.2. The second-order valence-electron chi connectivity index (χ2n) is 3.13. The number of halogens is 2. The Morgan fingerprint density at radius 2 is 2.20 bits per heavy atom. The molecule has 0 fully saturated rings. The molecule has 0 aliphatic carbocycles. The third-order valence-corrected chi connectivity index (χ3v) is 4.67. The van der Waals surface area contributed by atoms with Gasteiger partial charge in [-0.2, -0.15) is 0 Å². The van der Waals surface area contributed by atoms with Crippen LogP contribution in [0, 0.1) is 6.92 Å². The van der Waals surface area contributed by atoms with Crippen molar-refractivity contribution >= 4 is 37.4 Å². The predicted molar refractivity (Wildman–Crippen MR) is 64.1 cm³/mol. The first kappa shape index (κ1) is 12.9. The van der Waals surface area contributed by atoms with Crippen molar-refractivity contribution in [1.82, 2.24) is 4.98 Å². The van der Waals surface area contributed by atoms with Gasteiger partial charge in [0, 0.05) is 16.5 Å². The molecule has 0 spiro atoms. The molecule has 1 aromatic rings. The molecule has 0 aliphatic rings. The van der Waals surface area contributed by atoms with Gasteiger partial charge in [0.1, 0.15) is 0 Å². The van der Waals surface area contributed by atoms with Crippen LogP contribution in [0.15, 0.2) is 21.8 Å². The zero-order valence-corrected chi connectivity index (χ0v) is 11.4. The van der Waals surface area contributed by atoms with Gasteiger partial charge in [0.2, 0.25) is 0 Å². The van der Waals surface area contributed by atoms with Crippen molar-refractivity contribution in [3.63, 3.8) is 0 Å². The van der Waals surface area contributed by atoms with Crippen LogP contribution in [-0.4, -0.2) is 25.0 Å². The lowest BCUT2D eigenvalue weighted by Crippen LogP contribution is -2.09. The molecule has 0 unspecified atom stereocenters. The molecular formula is C9H11BrClNO2S.